The number of carboxylic acids is 2. The van der Waals surface area contributed by atoms with E-state index < -0.39 is 11.9 Å². The molecule has 2 aromatic carbocycles. The van der Waals surface area contributed by atoms with Crippen LogP contribution in [-0.4, -0.2) is 44.6 Å². The van der Waals surface area contributed by atoms with E-state index in [4.69, 9.17) is 19.8 Å². The number of piperidine rings is 1. The molecular formula is C26H29FN2O4. The normalized spacial score (nSPS) is 19.4. The van der Waals surface area contributed by atoms with Crippen LogP contribution < -0.4 is 0 Å². The minimum absolute atomic E-state index is 0.128. The average Bonchev–Trinajstić information content (AvgIpc) is 3.14. The lowest BCUT2D eigenvalue weighted by atomic mass is 9.82. The minimum atomic E-state index is -1.82. The van der Waals surface area contributed by atoms with Crippen LogP contribution in [0, 0.1) is 5.82 Å². The highest BCUT2D eigenvalue weighted by atomic mass is 19.1. The average molecular weight is 453 g/mol. The Morgan fingerprint density at radius 2 is 1.79 bits per heavy atom. The van der Waals surface area contributed by atoms with Gasteiger partial charge in [0.1, 0.15) is 5.82 Å². The summed E-state index contributed by atoms with van der Waals surface area (Å²) in [6.45, 7) is 1.16. The number of aliphatic carboxylic acids is 2. The summed E-state index contributed by atoms with van der Waals surface area (Å²) in [5.41, 5.74) is 5.26. The molecule has 2 unspecified atom stereocenters. The molecule has 3 N–H and O–H groups in total. The maximum absolute atomic E-state index is 13.9. The van der Waals surface area contributed by atoms with E-state index in [1.165, 1.54) is 48.9 Å². The number of aryl methyl sites for hydroxylation is 1. The molecule has 2 atom stereocenters. The Labute approximate surface area is 192 Å². The van der Waals surface area contributed by atoms with Crippen LogP contribution in [0.3, 0.4) is 0 Å². The molecule has 0 spiro atoms. The van der Waals surface area contributed by atoms with Crippen molar-refractivity contribution in [1.29, 1.82) is 0 Å². The first-order chi connectivity index (χ1) is 15.9. The van der Waals surface area contributed by atoms with Crippen LogP contribution >= 0.6 is 0 Å². The van der Waals surface area contributed by atoms with E-state index in [-0.39, 0.29) is 5.82 Å². The maximum atomic E-state index is 13.9. The first-order valence-electron chi connectivity index (χ1n) is 11.5. The second kappa shape index (κ2) is 10.2. The Kier molecular flexibility index (Phi) is 7.08. The van der Waals surface area contributed by atoms with Gasteiger partial charge in [-0.05, 0) is 74.4 Å². The number of aromatic nitrogens is 1. The highest BCUT2D eigenvalue weighted by molar-refractivity contribution is 6.27. The van der Waals surface area contributed by atoms with Gasteiger partial charge in [-0.2, -0.15) is 0 Å². The fourth-order valence-electron chi connectivity index (χ4n) is 5.29. The fraction of sp³-hybridized carbons (Fsp3) is 0.385. The molecule has 1 aromatic heterocycles. The molecule has 5 rings (SSSR count). The number of halogens is 1. The molecule has 6 nitrogen and oxygen atoms in total. The molecule has 0 amide bonds. The molecule has 1 fully saturated rings. The Bertz CT molecular complexity index is 1120. The highest BCUT2D eigenvalue weighted by Gasteiger charge is 2.38. The number of hydrogen-bond acceptors (Lipinski definition) is 3. The lowest BCUT2D eigenvalue weighted by molar-refractivity contribution is -0.159. The van der Waals surface area contributed by atoms with Crippen LogP contribution in [0.15, 0.2) is 48.5 Å². The van der Waals surface area contributed by atoms with E-state index in [0.717, 1.165) is 30.3 Å². The van der Waals surface area contributed by atoms with Crippen molar-refractivity contribution < 1.29 is 24.2 Å². The molecule has 2 aliphatic rings. The molecule has 3 heterocycles. The quantitative estimate of drug-likeness (QED) is 0.377. The Hall–Kier alpha value is -3.19. The van der Waals surface area contributed by atoms with Gasteiger partial charge in [-0.3, -0.25) is 4.90 Å². The predicted molar refractivity (Wildman–Crippen MR) is 124 cm³/mol. The Morgan fingerprint density at radius 3 is 2.52 bits per heavy atom. The van der Waals surface area contributed by atoms with Gasteiger partial charge in [0, 0.05) is 35.1 Å². The van der Waals surface area contributed by atoms with Crippen molar-refractivity contribution in [2.24, 2.45) is 0 Å². The van der Waals surface area contributed by atoms with Crippen LogP contribution in [0.1, 0.15) is 55.0 Å². The predicted octanol–water partition coefficient (Wildman–Crippen LogP) is 4.94. The van der Waals surface area contributed by atoms with Crippen LogP contribution in [-0.2, 0) is 22.4 Å². The summed E-state index contributed by atoms with van der Waals surface area (Å²) in [6.07, 6.45) is 8.49. The van der Waals surface area contributed by atoms with Gasteiger partial charge in [0.05, 0.1) is 0 Å². The summed E-state index contributed by atoms with van der Waals surface area (Å²) < 4.78 is 13.9. The summed E-state index contributed by atoms with van der Waals surface area (Å²) in [7, 11) is 0. The number of H-pyrrole nitrogens is 1. The summed E-state index contributed by atoms with van der Waals surface area (Å²) in [6, 6.07) is 17.1. The smallest absolute Gasteiger partial charge is 0.414 e. The van der Waals surface area contributed by atoms with E-state index >= 15 is 0 Å². The summed E-state index contributed by atoms with van der Waals surface area (Å²) in [4.78, 5) is 24.5. The first-order valence-corrected chi connectivity index (χ1v) is 11.5. The number of rotatable bonds is 5. The number of carbonyl (C=O) groups is 2. The molecule has 174 valence electrons. The third-order valence-electron chi connectivity index (χ3n) is 6.70. The standard InChI is InChI=1S/C24H27FN2.C2H2O4/c25-18-12-13-21-20(15-18)24-22(26-21)16-19-10-6-11-23(24)27(19)14-5-4-9-17-7-2-1-3-8-17;3-1(4)2(5)6/h1-3,7-8,12-13,15,19,23,26H,4-6,9-11,14,16H2;(H,3,4)(H,5,6). The lowest BCUT2D eigenvalue weighted by Gasteiger charge is -2.46. The lowest BCUT2D eigenvalue weighted by Crippen LogP contribution is -2.46. The van der Waals surface area contributed by atoms with Crippen molar-refractivity contribution in [3.8, 4) is 0 Å². The zero-order valence-electron chi connectivity index (χ0n) is 18.5. The van der Waals surface area contributed by atoms with E-state index in [9.17, 15) is 4.39 Å². The minimum Gasteiger partial charge on any atom is -0.473 e. The molecule has 0 radical (unpaired) electrons. The Balaban J connectivity index is 0.000000385. The van der Waals surface area contributed by atoms with Gasteiger partial charge in [0.15, 0.2) is 0 Å². The molecule has 0 aliphatic carbocycles. The van der Waals surface area contributed by atoms with Crippen molar-refractivity contribution in [3.05, 3.63) is 71.2 Å². The molecule has 2 bridgehead atoms. The van der Waals surface area contributed by atoms with Crippen molar-refractivity contribution in [2.45, 2.75) is 57.0 Å². The largest absolute Gasteiger partial charge is 0.473 e. The third kappa shape index (κ3) is 5.25. The zero-order chi connectivity index (χ0) is 23.4. The number of nitrogens with zero attached hydrogens (tertiary/aromatic N) is 1. The number of aromatic amines is 1. The van der Waals surface area contributed by atoms with Crippen LogP contribution in [0.4, 0.5) is 4.39 Å². The van der Waals surface area contributed by atoms with Crippen LogP contribution in [0.2, 0.25) is 0 Å². The number of fused-ring (bicyclic) bond motifs is 6. The SMILES string of the molecule is Fc1ccc2[nH]c3c(c2c1)C1CCCC(C3)N1CCCCc1ccccc1.O=C(O)C(=O)O. The van der Waals surface area contributed by atoms with Gasteiger partial charge in [0.2, 0.25) is 0 Å². The van der Waals surface area contributed by atoms with E-state index in [1.807, 2.05) is 6.07 Å². The fourth-order valence-corrected chi connectivity index (χ4v) is 5.29. The van der Waals surface area contributed by atoms with E-state index in [1.54, 1.807) is 12.1 Å². The maximum Gasteiger partial charge on any atom is 0.414 e. The van der Waals surface area contributed by atoms with Crippen molar-refractivity contribution in [3.63, 3.8) is 0 Å². The summed E-state index contributed by atoms with van der Waals surface area (Å²) in [5.74, 6) is -3.78. The second-order valence-electron chi connectivity index (χ2n) is 8.80. The van der Waals surface area contributed by atoms with Gasteiger partial charge in [0.25, 0.3) is 0 Å². The van der Waals surface area contributed by atoms with Gasteiger partial charge < -0.3 is 15.2 Å². The number of carboxylic acid groups (broad SMARTS) is 2. The van der Waals surface area contributed by atoms with Gasteiger partial charge in [-0.25, -0.2) is 14.0 Å². The second-order valence-corrected chi connectivity index (χ2v) is 8.80. The number of benzene rings is 2. The van der Waals surface area contributed by atoms with Crippen LogP contribution in [0.5, 0.6) is 0 Å². The highest BCUT2D eigenvalue weighted by Crippen LogP contribution is 2.45. The van der Waals surface area contributed by atoms with Gasteiger partial charge in [-0.15, -0.1) is 0 Å². The first kappa shape index (κ1) is 23.0. The van der Waals surface area contributed by atoms with E-state index in [0.29, 0.717) is 12.1 Å². The molecule has 7 heteroatoms. The van der Waals surface area contributed by atoms with E-state index in [2.05, 4.69) is 40.2 Å². The zero-order valence-corrected chi connectivity index (χ0v) is 18.5. The molecular weight excluding hydrogens is 423 g/mol. The van der Waals surface area contributed by atoms with Crippen molar-refractivity contribution >= 4 is 22.8 Å². The number of nitrogens with one attached hydrogen (secondary N) is 1. The summed E-state index contributed by atoms with van der Waals surface area (Å²) >= 11 is 0. The van der Waals surface area contributed by atoms with Crippen molar-refractivity contribution in [2.75, 3.05) is 6.54 Å². The molecule has 1 saturated heterocycles. The summed E-state index contributed by atoms with van der Waals surface area (Å²) in [5, 5.41) is 15.9. The van der Waals surface area contributed by atoms with Gasteiger partial charge >= 0.3 is 11.9 Å². The molecule has 3 aromatic rings. The molecule has 2 aliphatic heterocycles. The van der Waals surface area contributed by atoms with Gasteiger partial charge in [-0.1, -0.05) is 30.3 Å². The van der Waals surface area contributed by atoms with Crippen molar-refractivity contribution in [1.82, 2.24) is 9.88 Å². The molecule has 33 heavy (non-hydrogen) atoms. The van der Waals surface area contributed by atoms with Crippen LogP contribution in [0.25, 0.3) is 10.9 Å². The topological polar surface area (TPSA) is 93.6 Å². The monoisotopic (exact) mass is 452 g/mol. The number of hydrogen-bond donors (Lipinski definition) is 3. The number of unbranched alkanes of at least 4 members (excludes halogenated alkanes) is 1. The Morgan fingerprint density at radius 1 is 1.03 bits per heavy atom. The third-order valence-corrected chi connectivity index (χ3v) is 6.70. The molecule has 0 saturated carbocycles.